The summed E-state index contributed by atoms with van der Waals surface area (Å²) in [5.41, 5.74) is 2.55. The lowest BCUT2D eigenvalue weighted by molar-refractivity contribution is 0.334. The van der Waals surface area contributed by atoms with Crippen molar-refractivity contribution >= 4 is 11.3 Å². The molecule has 0 saturated heterocycles. The zero-order chi connectivity index (χ0) is 19.1. The first-order valence-corrected chi connectivity index (χ1v) is 10.8. The van der Waals surface area contributed by atoms with Gasteiger partial charge in [-0.2, -0.15) is 0 Å². The maximum Gasteiger partial charge on any atom is 0.147 e. The van der Waals surface area contributed by atoms with Gasteiger partial charge in [0, 0.05) is 17.2 Å². The first-order chi connectivity index (χ1) is 13.2. The SMILES string of the molecule is CCCCCc1nnc(-c2ccc(CC)cc2)s1.CCOc1cc2ccc1=2. The van der Waals surface area contributed by atoms with Crippen LogP contribution in [0.4, 0.5) is 0 Å². The van der Waals surface area contributed by atoms with Crippen LogP contribution in [0.2, 0.25) is 0 Å². The smallest absolute Gasteiger partial charge is 0.147 e. The average Bonchev–Trinajstić information content (AvgIpc) is 3.15. The first kappa shape index (κ1) is 19.6. The van der Waals surface area contributed by atoms with Crippen LogP contribution < -0.4 is 4.74 Å². The maximum absolute atomic E-state index is 5.26. The molecule has 1 aromatic heterocycles. The van der Waals surface area contributed by atoms with Gasteiger partial charge in [0.15, 0.2) is 0 Å². The molecule has 2 aliphatic carbocycles. The number of aryl methyl sites for hydroxylation is 2. The van der Waals surface area contributed by atoms with Gasteiger partial charge in [0.1, 0.15) is 15.8 Å². The van der Waals surface area contributed by atoms with E-state index in [1.807, 2.05) is 6.92 Å². The molecule has 1 heterocycles. The molecule has 0 saturated carbocycles. The van der Waals surface area contributed by atoms with E-state index in [1.54, 1.807) is 11.3 Å². The zero-order valence-electron chi connectivity index (χ0n) is 16.5. The summed E-state index contributed by atoms with van der Waals surface area (Å²) in [5.74, 6) is 1.06. The molecule has 2 aromatic rings. The molecule has 0 atom stereocenters. The van der Waals surface area contributed by atoms with Crippen molar-refractivity contribution in [3.8, 4) is 16.3 Å². The van der Waals surface area contributed by atoms with E-state index in [1.165, 1.54) is 40.8 Å². The number of ether oxygens (including phenoxy) is 1. The van der Waals surface area contributed by atoms with E-state index < -0.39 is 0 Å². The monoisotopic (exact) mass is 380 g/mol. The van der Waals surface area contributed by atoms with Crippen LogP contribution in [0.3, 0.4) is 0 Å². The van der Waals surface area contributed by atoms with E-state index in [0.717, 1.165) is 35.2 Å². The highest BCUT2D eigenvalue weighted by Gasteiger charge is 2.06. The Kier molecular flexibility index (Phi) is 6.99. The van der Waals surface area contributed by atoms with Gasteiger partial charge >= 0.3 is 0 Å². The number of nitrogens with zero attached hydrogens (tertiary/aromatic N) is 2. The Balaban J connectivity index is 0.000000193. The number of unbranched alkanes of at least 4 members (excludes halogenated alkanes) is 2. The highest BCUT2D eigenvalue weighted by atomic mass is 32.1. The maximum atomic E-state index is 5.26. The van der Waals surface area contributed by atoms with Gasteiger partial charge in [-0.25, -0.2) is 0 Å². The normalized spacial score (nSPS) is 10.9. The number of aromatic nitrogens is 2. The largest absolute Gasteiger partial charge is 0.493 e. The first-order valence-electron chi connectivity index (χ1n) is 9.94. The molecule has 0 unspecified atom stereocenters. The predicted octanol–water partition coefficient (Wildman–Crippen LogP) is 6.19. The topological polar surface area (TPSA) is 35.0 Å². The highest BCUT2D eigenvalue weighted by molar-refractivity contribution is 7.14. The van der Waals surface area contributed by atoms with E-state index in [-0.39, 0.29) is 0 Å². The van der Waals surface area contributed by atoms with Crippen molar-refractivity contribution in [1.82, 2.24) is 10.2 Å². The minimum absolute atomic E-state index is 0.774. The second kappa shape index (κ2) is 9.65. The fraction of sp³-hybridized carbons (Fsp3) is 0.391. The van der Waals surface area contributed by atoms with E-state index >= 15 is 0 Å². The van der Waals surface area contributed by atoms with Crippen LogP contribution in [0.25, 0.3) is 10.6 Å². The second-order valence-corrected chi connectivity index (χ2v) is 7.71. The molecule has 142 valence electrons. The predicted molar refractivity (Wildman–Crippen MR) is 113 cm³/mol. The van der Waals surface area contributed by atoms with Gasteiger partial charge in [0.25, 0.3) is 0 Å². The number of benzene rings is 2. The van der Waals surface area contributed by atoms with Crippen molar-refractivity contribution in [3.63, 3.8) is 0 Å². The Morgan fingerprint density at radius 3 is 2.30 bits per heavy atom. The van der Waals surface area contributed by atoms with Crippen molar-refractivity contribution in [1.29, 1.82) is 0 Å². The summed E-state index contributed by atoms with van der Waals surface area (Å²) in [6.07, 6.45) is 5.90. The zero-order valence-corrected chi connectivity index (χ0v) is 17.3. The third kappa shape index (κ3) is 4.95. The third-order valence-corrected chi connectivity index (χ3v) is 5.69. The Hall–Kier alpha value is -2.20. The molecule has 0 bridgehead atoms. The molecule has 0 radical (unpaired) electrons. The third-order valence-electron chi connectivity index (χ3n) is 4.66. The van der Waals surface area contributed by atoms with Gasteiger partial charge in [-0.1, -0.05) is 74.4 Å². The van der Waals surface area contributed by atoms with Crippen LogP contribution in [0.1, 0.15) is 50.6 Å². The van der Waals surface area contributed by atoms with Crippen LogP contribution in [-0.2, 0) is 12.8 Å². The van der Waals surface area contributed by atoms with Gasteiger partial charge in [0.05, 0.1) is 6.61 Å². The summed E-state index contributed by atoms with van der Waals surface area (Å²) in [7, 11) is 0. The van der Waals surface area contributed by atoms with Crippen molar-refractivity contribution in [3.05, 3.63) is 63.5 Å². The fourth-order valence-electron chi connectivity index (χ4n) is 2.91. The van der Waals surface area contributed by atoms with Gasteiger partial charge in [-0.05, 0) is 36.6 Å². The van der Waals surface area contributed by atoms with Crippen molar-refractivity contribution in [2.24, 2.45) is 0 Å². The second-order valence-electron chi connectivity index (χ2n) is 6.65. The molecule has 0 spiro atoms. The van der Waals surface area contributed by atoms with Crippen LogP contribution >= 0.6 is 11.3 Å². The molecular weight excluding hydrogens is 352 g/mol. The molecular formula is C23H28N2OS. The lowest BCUT2D eigenvalue weighted by Gasteiger charge is -2.10. The number of rotatable bonds is 8. The summed E-state index contributed by atoms with van der Waals surface area (Å²) in [5, 5.41) is 13.4. The molecule has 2 aliphatic rings. The van der Waals surface area contributed by atoms with Crippen LogP contribution in [0, 0.1) is 10.4 Å². The Labute approximate surface area is 165 Å². The van der Waals surface area contributed by atoms with Gasteiger partial charge in [0.2, 0.25) is 0 Å². The van der Waals surface area contributed by atoms with Crippen molar-refractivity contribution in [2.75, 3.05) is 6.61 Å². The van der Waals surface area contributed by atoms with E-state index in [4.69, 9.17) is 4.74 Å². The fourth-order valence-corrected chi connectivity index (χ4v) is 3.80. The number of hydrogen-bond donors (Lipinski definition) is 0. The molecule has 27 heavy (non-hydrogen) atoms. The molecule has 1 aromatic carbocycles. The van der Waals surface area contributed by atoms with Gasteiger partial charge in [-0.15, -0.1) is 10.2 Å². The van der Waals surface area contributed by atoms with E-state index in [9.17, 15) is 0 Å². The van der Waals surface area contributed by atoms with Crippen LogP contribution in [0.5, 0.6) is 5.75 Å². The lowest BCUT2D eigenvalue weighted by Crippen LogP contribution is -1.97. The Morgan fingerprint density at radius 1 is 0.926 bits per heavy atom. The molecule has 0 aliphatic heterocycles. The molecule has 4 rings (SSSR count). The standard InChI is InChI=1S/C15H20N2S.C8H8O/c1-3-5-6-7-14-16-17-15(18-14)13-10-8-12(4-2)9-11-13;1-2-9-8-5-6-3-4-7(6)8/h8-11H,3-7H2,1-2H3;3-5H,2H2,1H3. The summed E-state index contributed by atoms with van der Waals surface area (Å²) in [4.78, 5) is 0. The quantitative estimate of drug-likeness (QED) is 0.342. The lowest BCUT2D eigenvalue weighted by atomic mass is 10.1. The van der Waals surface area contributed by atoms with Gasteiger partial charge in [-0.3, -0.25) is 0 Å². The van der Waals surface area contributed by atoms with Crippen LogP contribution in [0.15, 0.2) is 42.5 Å². The average molecular weight is 381 g/mol. The minimum atomic E-state index is 0.774. The summed E-state index contributed by atoms with van der Waals surface area (Å²) < 4.78 is 5.26. The van der Waals surface area contributed by atoms with Crippen molar-refractivity contribution < 1.29 is 4.74 Å². The van der Waals surface area contributed by atoms with Gasteiger partial charge < -0.3 is 4.74 Å². The summed E-state index contributed by atoms with van der Waals surface area (Å²) in [6, 6.07) is 14.9. The summed E-state index contributed by atoms with van der Waals surface area (Å²) >= 11 is 1.73. The highest BCUT2D eigenvalue weighted by Crippen LogP contribution is 2.25. The number of hydrogen-bond acceptors (Lipinski definition) is 4. The Morgan fingerprint density at radius 2 is 1.74 bits per heavy atom. The van der Waals surface area contributed by atoms with E-state index in [0.29, 0.717) is 0 Å². The van der Waals surface area contributed by atoms with E-state index in [2.05, 4.69) is 66.5 Å². The molecule has 4 heteroatoms. The molecule has 3 nitrogen and oxygen atoms in total. The minimum Gasteiger partial charge on any atom is -0.493 e. The molecule has 0 amide bonds. The molecule has 0 fully saturated rings. The van der Waals surface area contributed by atoms with Crippen molar-refractivity contribution in [2.45, 2.75) is 52.9 Å². The molecule has 0 N–H and O–H groups in total. The summed E-state index contributed by atoms with van der Waals surface area (Å²) in [6.45, 7) is 7.17. The Bertz CT molecular complexity index is 947. The van der Waals surface area contributed by atoms with Crippen LogP contribution in [-0.4, -0.2) is 16.8 Å².